The van der Waals surface area contributed by atoms with Crippen molar-refractivity contribution < 1.29 is 26.4 Å². The molecule has 0 aliphatic heterocycles. The third-order valence-corrected chi connectivity index (χ3v) is 4.37. The van der Waals surface area contributed by atoms with E-state index in [1.807, 2.05) is 0 Å². The molecule has 0 unspecified atom stereocenters. The van der Waals surface area contributed by atoms with Crippen LogP contribution in [0.3, 0.4) is 0 Å². The number of benzene rings is 2. The summed E-state index contributed by atoms with van der Waals surface area (Å²) in [4.78, 5) is 10.7. The van der Waals surface area contributed by atoms with Gasteiger partial charge in [0.25, 0.3) is 10.0 Å². The van der Waals surface area contributed by atoms with Gasteiger partial charge in [0.15, 0.2) is 0 Å². The van der Waals surface area contributed by atoms with E-state index in [-0.39, 0.29) is 21.3 Å². The highest BCUT2D eigenvalue weighted by atomic mass is 35.5. The number of anilines is 2. The Bertz CT molecular complexity index is 852. The van der Waals surface area contributed by atoms with Crippen molar-refractivity contribution in [3.05, 3.63) is 53.6 Å². The van der Waals surface area contributed by atoms with Crippen LogP contribution in [0.4, 0.5) is 24.5 Å². The van der Waals surface area contributed by atoms with Gasteiger partial charge in [0.1, 0.15) is 0 Å². The summed E-state index contributed by atoms with van der Waals surface area (Å²) < 4.78 is 63.0. The van der Waals surface area contributed by atoms with E-state index in [9.17, 15) is 26.4 Å². The molecule has 1 amide bonds. The predicted molar refractivity (Wildman–Crippen MR) is 83.4 cm³/mol. The van der Waals surface area contributed by atoms with Gasteiger partial charge in [0, 0.05) is 16.4 Å². The minimum absolute atomic E-state index is 0.0653. The number of hydrogen-bond acceptors (Lipinski definition) is 3. The molecule has 5 nitrogen and oxygen atoms in total. The van der Waals surface area contributed by atoms with Crippen molar-refractivity contribution in [2.24, 2.45) is 0 Å². The van der Waals surface area contributed by atoms with Gasteiger partial charge in [-0.1, -0.05) is 17.7 Å². The molecule has 128 valence electrons. The third-order valence-electron chi connectivity index (χ3n) is 2.76. The van der Waals surface area contributed by atoms with Crippen molar-refractivity contribution in [2.75, 3.05) is 10.0 Å². The number of carbonyl (C=O) groups is 1. The van der Waals surface area contributed by atoms with Gasteiger partial charge in [-0.3, -0.25) is 9.52 Å². The highest BCUT2D eigenvalue weighted by Gasteiger charge is 2.38. The van der Waals surface area contributed by atoms with E-state index in [1.54, 1.807) is 5.32 Å². The molecule has 0 saturated carbocycles. The van der Waals surface area contributed by atoms with Crippen LogP contribution >= 0.6 is 11.6 Å². The maximum Gasteiger partial charge on any atom is 0.471 e. The Balaban J connectivity index is 2.13. The largest absolute Gasteiger partial charge is 0.471 e. The molecule has 0 aliphatic carbocycles. The fraction of sp³-hybridized carbons (Fsp3) is 0.0714. The second-order valence-corrected chi connectivity index (χ2v) is 6.71. The second-order valence-electron chi connectivity index (χ2n) is 4.59. The second kappa shape index (κ2) is 6.70. The van der Waals surface area contributed by atoms with Crippen LogP contribution in [-0.4, -0.2) is 20.5 Å². The highest BCUT2D eigenvalue weighted by Crippen LogP contribution is 2.22. The monoisotopic (exact) mass is 378 g/mol. The summed E-state index contributed by atoms with van der Waals surface area (Å²) in [7, 11) is -3.90. The smallest absolute Gasteiger partial charge is 0.318 e. The molecule has 0 fully saturated rings. The molecular weight excluding hydrogens is 369 g/mol. The van der Waals surface area contributed by atoms with E-state index >= 15 is 0 Å². The molecule has 0 atom stereocenters. The van der Waals surface area contributed by atoms with E-state index in [4.69, 9.17) is 11.6 Å². The highest BCUT2D eigenvalue weighted by molar-refractivity contribution is 7.92. The Kier molecular flexibility index (Phi) is 5.05. The topological polar surface area (TPSA) is 75.3 Å². The van der Waals surface area contributed by atoms with Crippen molar-refractivity contribution in [2.45, 2.75) is 11.1 Å². The Morgan fingerprint density at radius 2 is 1.58 bits per heavy atom. The van der Waals surface area contributed by atoms with E-state index in [1.165, 1.54) is 36.4 Å². The third kappa shape index (κ3) is 4.62. The van der Waals surface area contributed by atoms with Crippen LogP contribution in [0.15, 0.2) is 53.4 Å². The van der Waals surface area contributed by atoms with Crippen molar-refractivity contribution in [3.63, 3.8) is 0 Å². The normalized spacial score (nSPS) is 11.8. The minimum atomic E-state index is -5.01. The molecular formula is C14H10ClF3N2O3S. The number of sulfonamides is 1. The molecule has 2 aromatic carbocycles. The van der Waals surface area contributed by atoms with E-state index in [0.717, 1.165) is 12.1 Å². The van der Waals surface area contributed by atoms with Gasteiger partial charge < -0.3 is 5.32 Å². The molecule has 2 N–H and O–H groups in total. The standard InChI is InChI=1S/C14H10ClF3N2O3S/c15-9-2-1-3-12(8-9)24(22,23)20-11-6-4-10(5-7-11)19-13(21)14(16,17)18/h1-8,20H,(H,19,21). The fourth-order valence-electron chi connectivity index (χ4n) is 1.67. The molecule has 0 aromatic heterocycles. The summed E-state index contributed by atoms with van der Waals surface area (Å²) in [5, 5.41) is 1.89. The lowest BCUT2D eigenvalue weighted by atomic mass is 10.3. The van der Waals surface area contributed by atoms with Crippen LogP contribution in [0.5, 0.6) is 0 Å². The van der Waals surface area contributed by atoms with E-state index in [0.29, 0.717) is 0 Å². The zero-order chi connectivity index (χ0) is 18.0. The molecule has 2 rings (SSSR count). The maximum atomic E-state index is 12.2. The summed E-state index contributed by atoms with van der Waals surface area (Å²) in [5.74, 6) is -2.12. The lowest BCUT2D eigenvalue weighted by Crippen LogP contribution is -2.29. The Morgan fingerprint density at radius 3 is 2.12 bits per heavy atom. The van der Waals surface area contributed by atoms with E-state index in [2.05, 4.69) is 4.72 Å². The first-order valence-electron chi connectivity index (χ1n) is 6.34. The van der Waals surface area contributed by atoms with Crippen molar-refractivity contribution in [1.29, 1.82) is 0 Å². The van der Waals surface area contributed by atoms with Crippen LogP contribution in [-0.2, 0) is 14.8 Å². The van der Waals surface area contributed by atoms with Gasteiger partial charge >= 0.3 is 12.1 Å². The molecule has 2 aromatic rings. The molecule has 0 bridgehead atoms. The summed E-state index contributed by atoms with van der Waals surface area (Å²) >= 11 is 5.74. The molecule has 0 saturated heterocycles. The van der Waals surface area contributed by atoms with Crippen molar-refractivity contribution in [3.8, 4) is 0 Å². The Labute approximate surface area is 140 Å². The van der Waals surface area contributed by atoms with Gasteiger partial charge in [0.05, 0.1) is 4.90 Å². The lowest BCUT2D eigenvalue weighted by molar-refractivity contribution is -0.167. The number of halogens is 4. The van der Waals surface area contributed by atoms with Crippen LogP contribution in [0.2, 0.25) is 5.02 Å². The zero-order valence-corrected chi connectivity index (χ0v) is 13.3. The van der Waals surface area contributed by atoms with Crippen LogP contribution in [0.25, 0.3) is 0 Å². The van der Waals surface area contributed by atoms with E-state index < -0.39 is 22.1 Å². The number of nitrogens with one attached hydrogen (secondary N) is 2. The Hall–Kier alpha value is -2.26. The molecule has 24 heavy (non-hydrogen) atoms. The number of alkyl halides is 3. The van der Waals surface area contributed by atoms with Crippen LogP contribution in [0.1, 0.15) is 0 Å². The zero-order valence-electron chi connectivity index (χ0n) is 11.8. The summed E-state index contributed by atoms with van der Waals surface area (Å²) in [6.07, 6.45) is -5.01. The Morgan fingerprint density at radius 1 is 1.00 bits per heavy atom. The van der Waals surface area contributed by atoms with Gasteiger partial charge in [0.2, 0.25) is 0 Å². The molecule has 0 spiro atoms. The van der Waals surface area contributed by atoms with Gasteiger partial charge in [-0.15, -0.1) is 0 Å². The maximum absolute atomic E-state index is 12.2. The molecule has 10 heteroatoms. The quantitative estimate of drug-likeness (QED) is 0.852. The van der Waals surface area contributed by atoms with Gasteiger partial charge in [-0.25, -0.2) is 8.42 Å². The average molecular weight is 379 g/mol. The first kappa shape index (κ1) is 18.1. The van der Waals surface area contributed by atoms with Gasteiger partial charge in [-0.2, -0.15) is 13.2 Å². The van der Waals surface area contributed by atoms with Crippen LogP contribution in [0, 0.1) is 0 Å². The van der Waals surface area contributed by atoms with Gasteiger partial charge in [-0.05, 0) is 42.5 Å². The summed E-state index contributed by atoms with van der Waals surface area (Å²) in [6.45, 7) is 0. The SMILES string of the molecule is O=C(Nc1ccc(NS(=O)(=O)c2cccc(Cl)c2)cc1)C(F)(F)F. The first-order chi connectivity index (χ1) is 11.1. The molecule has 0 aliphatic rings. The van der Waals surface area contributed by atoms with Crippen molar-refractivity contribution in [1.82, 2.24) is 0 Å². The number of carbonyl (C=O) groups excluding carboxylic acids is 1. The molecule has 0 heterocycles. The van der Waals surface area contributed by atoms with Crippen molar-refractivity contribution >= 4 is 38.9 Å². The number of rotatable bonds is 4. The first-order valence-corrected chi connectivity index (χ1v) is 8.21. The summed E-state index contributed by atoms with van der Waals surface area (Å²) in [5.41, 5.74) is -0.0111. The number of hydrogen-bond donors (Lipinski definition) is 2. The predicted octanol–water partition coefficient (Wildman–Crippen LogP) is 3.64. The minimum Gasteiger partial charge on any atom is -0.318 e. The van der Waals surface area contributed by atoms with Crippen LogP contribution < -0.4 is 10.0 Å². The fourth-order valence-corrected chi connectivity index (χ4v) is 3.03. The average Bonchev–Trinajstić information content (AvgIpc) is 2.48. The number of amides is 1. The summed E-state index contributed by atoms with van der Waals surface area (Å²) in [6, 6.07) is 10.3. The molecule has 0 radical (unpaired) electrons. The lowest BCUT2D eigenvalue weighted by Gasteiger charge is -2.10.